The van der Waals surface area contributed by atoms with Crippen LogP contribution in [-0.4, -0.2) is 68.9 Å². The molecule has 0 saturated heterocycles. The van der Waals surface area contributed by atoms with E-state index in [0.717, 1.165) is 0 Å². The molecule has 0 unspecified atom stereocenters. The number of carboxylic acid groups (broad SMARTS) is 3. The molecule has 0 aliphatic heterocycles. The number of hydrogen-bond acceptors (Lipinski definition) is 7. The first-order valence-electron chi connectivity index (χ1n) is 6.72. The van der Waals surface area contributed by atoms with E-state index in [2.05, 4.69) is 17.9 Å². The molecule has 0 aromatic carbocycles. The highest BCUT2D eigenvalue weighted by Crippen LogP contribution is 2.01. The molecule has 0 aliphatic rings. The highest BCUT2D eigenvalue weighted by Gasteiger charge is 2.29. The van der Waals surface area contributed by atoms with Crippen molar-refractivity contribution in [3.63, 3.8) is 0 Å². The molecule has 136 valence electrons. The van der Waals surface area contributed by atoms with E-state index in [4.69, 9.17) is 21.1 Å². The third kappa shape index (κ3) is 8.33. The second kappa shape index (κ2) is 10.4. The van der Waals surface area contributed by atoms with Gasteiger partial charge in [-0.15, -0.1) is 0 Å². The van der Waals surface area contributed by atoms with Gasteiger partial charge in [-0.2, -0.15) is 12.6 Å². The molecule has 3 atom stereocenters. The lowest BCUT2D eigenvalue weighted by atomic mass is 10.1. The molecule has 0 heterocycles. The minimum atomic E-state index is -1.56. The second-order valence-electron chi connectivity index (χ2n) is 4.78. The zero-order valence-corrected chi connectivity index (χ0v) is 13.4. The van der Waals surface area contributed by atoms with E-state index >= 15 is 0 Å². The Morgan fingerprint density at radius 2 is 1.46 bits per heavy atom. The molecular weight excluding hydrogens is 346 g/mol. The summed E-state index contributed by atoms with van der Waals surface area (Å²) in [6, 6.07) is -4.19. The van der Waals surface area contributed by atoms with E-state index in [1.54, 1.807) is 0 Å². The first-order chi connectivity index (χ1) is 11.1. The molecular formula is C12H19N3O8S. The minimum Gasteiger partial charge on any atom is -0.481 e. The predicted octanol–water partition coefficient (Wildman–Crippen LogP) is -2.36. The van der Waals surface area contributed by atoms with Crippen LogP contribution >= 0.6 is 12.6 Å². The first-order valence-corrected chi connectivity index (χ1v) is 7.35. The Balaban J connectivity index is 5.00. The van der Waals surface area contributed by atoms with Crippen LogP contribution in [0.25, 0.3) is 0 Å². The lowest BCUT2D eigenvalue weighted by Gasteiger charge is -2.21. The van der Waals surface area contributed by atoms with Crippen LogP contribution in [-0.2, 0) is 24.0 Å². The molecule has 11 nitrogen and oxygen atoms in total. The maximum absolute atomic E-state index is 12.0. The van der Waals surface area contributed by atoms with Crippen LogP contribution in [0.15, 0.2) is 0 Å². The van der Waals surface area contributed by atoms with Crippen molar-refractivity contribution in [1.29, 1.82) is 0 Å². The smallest absolute Gasteiger partial charge is 0.326 e. The SMILES string of the molecule is N[C@@H](CS)C(=O)N[C@@H](CC(=O)O)C(=O)N[C@@H](CCC(=O)O)C(=O)O. The lowest BCUT2D eigenvalue weighted by molar-refractivity contribution is -0.144. The van der Waals surface area contributed by atoms with E-state index in [0.29, 0.717) is 0 Å². The van der Waals surface area contributed by atoms with Crippen LogP contribution in [0.1, 0.15) is 19.3 Å². The Morgan fingerprint density at radius 3 is 1.88 bits per heavy atom. The number of carbonyl (C=O) groups excluding carboxylic acids is 2. The highest BCUT2D eigenvalue weighted by atomic mass is 32.1. The van der Waals surface area contributed by atoms with Crippen molar-refractivity contribution in [1.82, 2.24) is 10.6 Å². The van der Waals surface area contributed by atoms with Crippen molar-refractivity contribution in [3.8, 4) is 0 Å². The molecule has 0 spiro atoms. The van der Waals surface area contributed by atoms with Crippen LogP contribution in [0.5, 0.6) is 0 Å². The Kier molecular flexibility index (Phi) is 9.42. The number of nitrogens with two attached hydrogens (primary N) is 1. The first kappa shape index (κ1) is 21.7. The van der Waals surface area contributed by atoms with Gasteiger partial charge < -0.3 is 31.7 Å². The van der Waals surface area contributed by atoms with Gasteiger partial charge in [0.1, 0.15) is 12.1 Å². The molecule has 0 fully saturated rings. The highest BCUT2D eigenvalue weighted by molar-refractivity contribution is 7.80. The third-order valence-corrected chi connectivity index (χ3v) is 3.20. The monoisotopic (exact) mass is 365 g/mol. The molecule has 0 aliphatic carbocycles. The van der Waals surface area contributed by atoms with E-state index < -0.39 is 67.1 Å². The Morgan fingerprint density at radius 1 is 0.917 bits per heavy atom. The summed E-state index contributed by atoms with van der Waals surface area (Å²) in [6.45, 7) is 0. The van der Waals surface area contributed by atoms with Gasteiger partial charge in [0.05, 0.1) is 12.5 Å². The van der Waals surface area contributed by atoms with Crippen molar-refractivity contribution >= 4 is 42.4 Å². The summed E-state index contributed by atoms with van der Waals surface area (Å²) >= 11 is 3.79. The van der Waals surface area contributed by atoms with Gasteiger partial charge in [0.2, 0.25) is 11.8 Å². The van der Waals surface area contributed by atoms with Crippen LogP contribution < -0.4 is 16.4 Å². The number of rotatable bonds is 11. The summed E-state index contributed by atoms with van der Waals surface area (Å²) in [5.41, 5.74) is 5.40. The molecule has 12 heteroatoms. The van der Waals surface area contributed by atoms with E-state index in [9.17, 15) is 24.0 Å². The third-order valence-electron chi connectivity index (χ3n) is 2.81. The van der Waals surface area contributed by atoms with E-state index in [1.165, 1.54) is 0 Å². The van der Waals surface area contributed by atoms with Gasteiger partial charge in [-0.3, -0.25) is 19.2 Å². The summed E-state index contributed by atoms with van der Waals surface area (Å²) in [5, 5.41) is 30.4. The molecule has 0 saturated carbocycles. The van der Waals surface area contributed by atoms with Gasteiger partial charge in [-0.05, 0) is 6.42 Å². The van der Waals surface area contributed by atoms with Crippen molar-refractivity contribution in [2.24, 2.45) is 5.73 Å². The van der Waals surface area contributed by atoms with Crippen molar-refractivity contribution in [2.45, 2.75) is 37.4 Å². The largest absolute Gasteiger partial charge is 0.481 e. The molecule has 0 bridgehead atoms. The van der Waals surface area contributed by atoms with Crippen molar-refractivity contribution < 1.29 is 39.3 Å². The maximum Gasteiger partial charge on any atom is 0.326 e. The Labute approximate surface area is 142 Å². The lowest BCUT2D eigenvalue weighted by Crippen LogP contribution is -2.55. The van der Waals surface area contributed by atoms with Crippen LogP contribution in [0, 0.1) is 0 Å². The average molecular weight is 365 g/mol. The van der Waals surface area contributed by atoms with Crippen molar-refractivity contribution in [3.05, 3.63) is 0 Å². The number of amides is 2. The van der Waals surface area contributed by atoms with Crippen LogP contribution in [0.2, 0.25) is 0 Å². The number of aliphatic carboxylic acids is 3. The normalized spacial score (nSPS) is 14.1. The fraction of sp³-hybridized carbons (Fsp3) is 0.583. The Bertz CT molecular complexity index is 513. The molecule has 7 N–H and O–H groups in total. The zero-order chi connectivity index (χ0) is 18.9. The summed E-state index contributed by atoms with van der Waals surface area (Å²) in [4.78, 5) is 56.0. The molecule has 24 heavy (non-hydrogen) atoms. The van der Waals surface area contributed by atoms with Gasteiger partial charge >= 0.3 is 17.9 Å². The maximum atomic E-state index is 12.0. The number of hydrogen-bond donors (Lipinski definition) is 7. The fourth-order valence-electron chi connectivity index (χ4n) is 1.54. The molecule has 0 rings (SSSR count). The minimum absolute atomic E-state index is 0.0520. The van der Waals surface area contributed by atoms with Crippen molar-refractivity contribution in [2.75, 3.05) is 5.75 Å². The summed E-state index contributed by atoms with van der Waals surface area (Å²) in [7, 11) is 0. The number of thiol groups is 1. The quantitative estimate of drug-likeness (QED) is 0.196. The summed E-state index contributed by atoms with van der Waals surface area (Å²) < 4.78 is 0. The Hall–Kier alpha value is -2.34. The van der Waals surface area contributed by atoms with Gasteiger partial charge in [0.25, 0.3) is 0 Å². The van der Waals surface area contributed by atoms with Crippen LogP contribution in [0.4, 0.5) is 0 Å². The van der Waals surface area contributed by atoms with Gasteiger partial charge in [0.15, 0.2) is 0 Å². The van der Waals surface area contributed by atoms with Gasteiger partial charge in [0, 0.05) is 12.2 Å². The van der Waals surface area contributed by atoms with E-state index in [1.807, 2.05) is 5.32 Å². The second-order valence-corrected chi connectivity index (χ2v) is 5.15. The topological polar surface area (TPSA) is 196 Å². The predicted molar refractivity (Wildman–Crippen MR) is 82.4 cm³/mol. The summed E-state index contributed by atoms with van der Waals surface area (Å²) in [5.74, 6) is -6.11. The van der Waals surface area contributed by atoms with Gasteiger partial charge in [-0.25, -0.2) is 4.79 Å². The number of carbonyl (C=O) groups is 5. The zero-order valence-electron chi connectivity index (χ0n) is 12.5. The number of carboxylic acids is 3. The standard InChI is InChI=1S/C12H19N3O8S/c13-5(4-24)10(20)15-7(3-9(18)19)11(21)14-6(12(22)23)1-2-8(16)17/h5-7,24H,1-4,13H2,(H,14,21)(H,15,20)(H,16,17)(H,18,19)(H,22,23)/t5-,6-,7-/m0/s1. The van der Waals surface area contributed by atoms with E-state index in [-0.39, 0.29) is 5.75 Å². The average Bonchev–Trinajstić information content (AvgIpc) is 2.48. The molecule has 0 radical (unpaired) electrons. The van der Waals surface area contributed by atoms with Gasteiger partial charge in [-0.1, -0.05) is 0 Å². The molecule has 0 aromatic rings. The summed E-state index contributed by atoms with van der Waals surface area (Å²) in [6.07, 6.45) is -1.72. The number of nitrogens with one attached hydrogen (secondary N) is 2. The molecule has 0 aromatic heterocycles. The van der Waals surface area contributed by atoms with Crippen LogP contribution in [0.3, 0.4) is 0 Å². The molecule has 2 amide bonds. The fourth-order valence-corrected chi connectivity index (χ4v) is 1.71.